The Balaban J connectivity index is 2.30. The second kappa shape index (κ2) is 5.68. The summed E-state index contributed by atoms with van der Waals surface area (Å²) < 4.78 is 10.5. The SMILES string of the molecule is CCOC(=O)Oc1c2ccc(C)cc2cc2ccc(C)cc12. The van der Waals surface area contributed by atoms with Crippen molar-refractivity contribution in [3.05, 3.63) is 53.6 Å². The smallest absolute Gasteiger partial charge is 0.434 e. The molecule has 0 fully saturated rings. The highest BCUT2D eigenvalue weighted by Crippen LogP contribution is 2.36. The van der Waals surface area contributed by atoms with Gasteiger partial charge in [0.2, 0.25) is 0 Å². The third-order valence-corrected chi connectivity index (χ3v) is 3.66. The van der Waals surface area contributed by atoms with Gasteiger partial charge in [-0.15, -0.1) is 0 Å². The van der Waals surface area contributed by atoms with Gasteiger partial charge in [-0.1, -0.05) is 41.5 Å². The van der Waals surface area contributed by atoms with Crippen molar-refractivity contribution in [1.82, 2.24) is 0 Å². The minimum atomic E-state index is -0.668. The monoisotopic (exact) mass is 294 g/mol. The van der Waals surface area contributed by atoms with Crippen LogP contribution in [0.3, 0.4) is 0 Å². The third-order valence-electron chi connectivity index (χ3n) is 3.66. The van der Waals surface area contributed by atoms with Crippen LogP contribution in [0.15, 0.2) is 42.5 Å². The van der Waals surface area contributed by atoms with Crippen LogP contribution in [0.5, 0.6) is 5.75 Å². The predicted octanol–water partition coefficient (Wildman–Crippen LogP) is 5.15. The number of hydrogen-bond donors (Lipinski definition) is 0. The fourth-order valence-corrected chi connectivity index (χ4v) is 2.65. The number of carbonyl (C=O) groups excluding carboxylic acids is 1. The summed E-state index contributed by atoms with van der Waals surface area (Å²) in [5, 5.41) is 3.93. The lowest BCUT2D eigenvalue weighted by atomic mass is 9.99. The Labute approximate surface area is 129 Å². The number of ether oxygens (including phenoxy) is 2. The lowest BCUT2D eigenvalue weighted by Gasteiger charge is -2.12. The van der Waals surface area contributed by atoms with E-state index < -0.39 is 6.16 Å². The molecule has 3 aromatic rings. The first-order valence-corrected chi connectivity index (χ1v) is 7.37. The Morgan fingerprint density at radius 2 is 1.64 bits per heavy atom. The Kier molecular flexibility index (Phi) is 3.72. The van der Waals surface area contributed by atoms with Gasteiger partial charge in [0.1, 0.15) is 5.75 Å². The summed E-state index contributed by atoms with van der Waals surface area (Å²) in [6.07, 6.45) is -0.668. The third kappa shape index (κ3) is 2.62. The summed E-state index contributed by atoms with van der Waals surface area (Å²) in [6.45, 7) is 6.12. The number of hydrogen-bond acceptors (Lipinski definition) is 3. The van der Waals surface area contributed by atoms with Gasteiger partial charge < -0.3 is 9.47 Å². The molecule has 0 saturated heterocycles. The quantitative estimate of drug-likeness (QED) is 0.373. The fourth-order valence-electron chi connectivity index (χ4n) is 2.65. The van der Waals surface area contributed by atoms with Crippen LogP contribution in [0, 0.1) is 13.8 Å². The molecule has 0 heterocycles. The molecule has 0 aliphatic rings. The molecular formula is C19H18O3. The van der Waals surface area contributed by atoms with Crippen LogP contribution in [-0.4, -0.2) is 12.8 Å². The van der Waals surface area contributed by atoms with Gasteiger partial charge in [-0.25, -0.2) is 4.79 Å². The molecule has 3 rings (SSSR count). The summed E-state index contributed by atoms with van der Waals surface area (Å²) in [4.78, 5) is 11.8. The molecule has 112 valence electrons. The standard InChI is InChI=1S/C19H18O3/c1-4-21-19(20)22-18-16-8-6-12(2)9-15(16)11-14-7-5-13(3)10-17(14)18/h5-11H,4H2,1-3H3. The Bertz CT molecular complexity index is 865. The molecule has 3 heteroatoms. The van der Waals surface area contributed by atoms with Crippen LogP contribution in [0.4, 0.5) is 4.79 Å². The van der Waals surface area contributed by atoms with Gasteiger partial charge in [-0.3, -0.25) is 0 Å². The topological polar surface area (TPSA) is 35.5 Å². The van der Waals surface area contributed by atoms with E-state index in [-0.39, 0.29) is 0 Å². The van der Waals surface area contributed by atoms with Crippen LogP contribution in [0.1, 0.15) is 18.1 Å². The number of fused-ring (bicyclic) bond motifs is 2. The molecule has 0 unspecified atom stereocenters. The lowest BCUT2D eigenvalue weighted by Crippen LogP contribution is -2.10. The molecule has 22 heavy (non-hydrogen) atoms. The van der Waals surface area contributed by atoms with E-state index in [1.807, 2.05) is 38.1 Å². The van der Waals surface area contributed by atoms with Gasteiger partial charge >= 0.3 is 6.16 Å². The molecule has 0 aliphatic heterocycles. The normalized spacial score (nSPS) is 10.9. The first kappa shape index (κ1) is 14.4. The summed E-state index contributed by atoms with van der Waals surface area (Å²) in [7, 11) is 0. The van der Waals surface area contributed by atoms with Gasteiger partial charge in [-0.2, -0.15) is 0 Å². The van der Waals surface area contributed by atoms with E-state index in [9.17, 15) is 4.79 Å². The van der Waals surface area contributed by atoms with E-state index in [1.54, 1.807) is 6.92 Å². The van der Waals surface area contributed by atoms with Gasteiger partial charge in [0.25, 0.3) is 0 Å². The van der Waals surface area contributed by atoms with Crippen molar-refractivity contribution in [2.45, 2.75) is 20.8 Å². The predicted molar refractivity (Wildman–Crippen MR) is 88.6 cm³/mol. The molecule has 0 spiro atoms. The van der Waals surface area contributed by atoms with Crippen molar-refractivity contribution >= 4 is 27.7 Å². The van der Waals surface area contributed by atoms with Gasteiger partial charge in [-0.05, 0) is 43.7 Å². The van der Waals surface area contributed by atoms with E-state index >= 15 is 0 Å². The Morgan fingerprint density at radius 3 is 2.41 bits per heavy atom. The maximum Gasteiger partial charge on any atom is 0.513 e. The molecule has 0 bridgehead atoms. The van der Waals surface area contributed by atoms with Gasteiger partial charge in [0, 0.05) is 10.8 Å². The summed E-state index contributed by atoms with van der Waals surface area (Å²) >= 11 is 0. The number of rotatable bonds is 2. The summed E-state index contributed by atoms with van der Waals surface area (Å²) in [5.74, 6) is 0.564. The van der Waals surface area contributed by atoms with E-state index in [0.29, 0.717) is 12.4 Å². The van der Waals surface area contributed by atoms with Crippen LogP contribution in [0.2, 0.25) is 0 Å². The molecule has 3 nitrogen and oxygen atoms in total. The molecule has 0 radical (unpaired) electrons. The Morgan fingerprint density at radius 1 is 0.909 bits per heavy atom. The second-order valence-corrected chi connectivity index (χ2v) is 5.44. The van der Waals surface area contributed by atoms with Crippen molar-refractivity contribution in [1.29, 1.82) is 0 Å². The van der Waals surface area contributed by atoms with Crippen molar-refractivity contribution in [3.63, 3.8) is 0 Å². The minimum absolute atomic E-state index is 0.291. The highest BCUT2D eigenvalue weighted by molar-refractivity contribution is 6.06. The molecule has 0 amide bonds. The van der Waals surface area contributed by atoms with E-state index in [0.717, 1.165) is 27.1 Å². The van der Waals surface area contributed by atoms with Gasteiger partial charge in [0.15, 0.2) is 0 Å². The molecule has 0 aliphatic carbocycles. The van der Waals surface area contributed by atoms with Crippen LogP contribution in [0.25, 0.3) is 21.5 Å². The minimum Gasteiger partial charge on any atom is -0.434 e. The fraction of sp³-hybridized carbons (Fsp3) is 0.211. The molecule has 0 N–H and O–H groups in total. The molecule has 0 atom stereocenters. The Hall–Kier alpha value is -2.55. The highest BCUT2D eigenvalue weighted by atomic mass is 16.7. The average Bonchev–Trinajstić information content (AvgIpc) is 2.47. The number of benzene rings is 3. The zero-order valence-corrected chi connectivity index (χ0v) is 13.0. The molecule has 3 aromatic carbocycles. The second-order valence-electron chi connectivity index (χ2n) is 5.44. The van der Waals surface area contributed by atoms with Crippen LogP contribution < -0.4 is 4.74 Å². The zero-order valence-electron chi connectivity index (χ0n) is 13.0. The number of aryl methyl sites for hydroxylation is 2. The first-order chi connectivity index (χ1) is 10.6. The molecule has 0 aromatic heterocycles. The zero-order chi connectivity index (χ0) is 15.7. The van der Waals surface area contributed by atoms with Crippen LogP contribution in [-0.2, 0) is 4.74 Å². The summed E-state index contributed by atoms with van der Waals surface area (Å²) in [5.41, 5.74) is 2.29. The van der Waals surface area contributed by atoms with Crippen molar-refractivity contribution in [2.24, 2.45) is 0 Å². The molecular weight excluding hydrogens is 276 g/mol. The number of carbonyl (C=O) groups is 1. The molecule has 0 saturated carbocycles. The van der Waals surface area contributed by atoms with E-state index in [1.165, 1.54) is 5.56 Å². The van der Waals surface area contributed by atoms with Crippen LogP contribution >= 0.6 is 0 Å². The average molecular weight is 294 g/mol. The highest BCUT2D eigenvalue weighted by Gasteiger charge is 2.14. The first-order valence-electron chi connectivity index (χ1n) is 7.37. The van der Waals surface area contributed by atoms with E-state index in [4.69, 9.17) is 9.47 Å². The van der Waals surface area contributed by atoms with Crippen molar-refractivity contribution < 1.29 is 14.3 Å². The van der Waals surface area contributed by atoms with Gasteiger partial charge in [0.05, 0.1) is 6.61 Å². The lowest BCUT2D eigenvalue weighted by molar-refractivity contribution is 0.105. The maximum atomic E-state index is 11.8. The van der Waals surface area contributed by atoms with E-state index in [2.05, 4.69) is 18.2 Å². The summed E-state index contributed by atoms with van der Waals surface area (Å²) in [6, 6.07) is 14.3. The van der Waals surface area contributed by atoms with Crippen molar-refractivity contribution in [3.8, 4) is 5.75 Å². The largest absolute Gasteiger partial charge is 0.513 e. The maximum absolute atomic E-state index is 11.8. The van der Waals surface area contributed by atoms with Crippen molar-refractivity contribution in [2.75, 3.05) is 6.61 Å².